The Labute approximate surface area is 98.4 Å². The van der Waals surface area contributed by atoms with Crippen LogP contribution in [0.2, 0.25) is 0 Å². The van der Waals surface area contributed by atoms with Gasteiger partial charge in [-0.05, 0) is 49.9 Å². The van der Waals surface area contributed by atoms with E-state index in [-0.39, 0.29) is 0 Å². The van der Waals surface area contributed by atoms with Gasteiger partial charge in [-0.15, -0.1) is 0 Å². The van der Waals surface area contributed by atoms with Gasteiger partial charge in [0, 0.05) is 13.1 Å². The Morgan fingerprint density at radius 2 is 2.19 bits per heavy atom. The number of hydrogen-bond donors (Lipinski definition) is 1. The molecule has 2 N–H and O–H groups in total. The minimum Gasteiger partial charge on any atom is -0.330 e. The maximum Gasteiger partial charge on any atom is 0.0236 e. The van der Waals surface area contributed by atoms with E-state index in [0.717, 1.165) is 13.1 Å². The van der Waals surface area contributed by atoms with Crippen LogP contribution in [0.4, 0.5) is 0 Å². The third kappa shape index (κ3) is 2.83. The average molecular weight is 218 g/mol. The zero-order valence-electron chi connectivity index (χ0n) is 10.2. The predicted molar refractivity (Wildman–Crippen MR) is 68.2 cm³/mol. The second kappa shape index (κ2) is 5.46. The zero-order chi connectivity index (χ0) is 11.4. The largest absolute Gasteiger partial charge is 0.330 e. The molecule has 0 spiro atoms. The summed E-state index contributed by atoms with van der Waals surface area (Å²) in [5.41, 5.74) is 8.62. The first-order valence-corrected chi connectivity index (χ1v) is 6.26. The summed E-state index contributed by atoms with van der Waals surface area (Å²) in [5, 5.41) is 0. The second-order valence-corrected chi connectivity index (χ2v) is 4.91. The van der Waals surface area contributed by atoms with Gasteiger partial charge >= 0.3 is 0 Å². The Morgan fingerprint density at radius 1 is 1.38 bits per heavy atom. The predicted octanol–water partition coefficient (Wildman–Crippen LogP) is 2.17. The molecule has 0 aliphatic carbocycles. The monoisotopic (exact) mass is 218 g/mol. The Hall–Kier alpha value is -0.860. The van der Waals surface area contributed by atoms with Gasteiger partial charge in [-0.3, -0.25) is 4.90 Å². The maximum atomic E-state index is 5.76. The van der Waals surface area contributed by atoms with E-state index in [1.807, 2.05) is 0 Å². The molecule has 16 heavy (non-hydrogen) atoms. The number of nitrogens with zero attached hydrogens (tertiary/aromatic N) is 1. The summed E-state index contributed by atoms with van der Waals surface area (Å²) < 4.78 is 0. The van der Waals surface area contributed by atoms with Gasteiger partial charge in [-0.25, -0.2) is 0 Å². The molecule has 2 rings (SSSR count). The van der Waals surface area contributed by atoms with Crippen LogP contribution in [-0.2, 0) is 6.54 Å². The number of aryl methyl sites for hydroxylation is 1. The highest BCUT2D eigenvalue weighted by Gasteiger charge is 2.18. The molecule has 1 aromatic carbocycles. The molecule has 2 heteroatoms. The number of benzene rings is 1. The standard InChI is InChI=1S/C14H22N2/c1-12-5-2-3-7-14(12)11-16-8-4-6-13(9-15)10-16/h2-3,5,7,13H,4,6,8-11,15H2,1H3/t13-/m0/s1. The van der Waals surface area contributed by atoms with Crippen LogP contribution in [0.1, 0.15) is 24.0 Å². The van der Waals surface area contributed by atoms with Gasteiger partial charge < -0.3 is 5.73 Å². The van der Waals surface area contributed by atoms with Crippen molar-refractivity contribution >= 4 is 0 Å². The quantitative estimate of drug-likeness (QED) is 0.842. The minimum absolute atomic E-state index is 0.706. The van der Waals surface area contributed by atoms with Crippen molar-refractivity contribution in [3.05, 3.63) is 35.4 Å². The first-order chi connectivity index (χ1) is 7.79. The molecule has 0 unspecified atom stereocenters. The number of piperidine rings is 1. The SMILES string of the molecule is Cc1ccccc1CN1CCC[C@@H](CN)C1. The molecule has 0 saturated carbocycles. The van der Waals surface area contributed by atoms with Crippen molar-refractivity contribution < 1.29 is 0 Å². The van der Waals surface area contributed by atoms with Gasteiger partial charge in [0.2, 0.25) is 0 Å². The van der Waals surface area contributed by atoms with Gasteiger partial charge in [0.25, 0.3) is 0 Å². The average Bonchev–Trinajstić information content (AvgIpc) is 2.32. The van der Waals surface area contributed by atoms with Crippen LogP contribution in [0, 0.1) is 12.8 Å². The molecule has 1 aliphatic heterocycles. The van der Waals surface area contributed by atoms with E-state index in [1.165, 1.54) is 37.1 Å². The molecule has 88 valence electrons. The first kappa shape index (κ1) is 11.6. The van der Waals surface area contributed by atoms with Crippen LogP contribution in [0.25, 0.3) is 0 Å². The van der Waals surface area contributed by atoms with Gasteiger partial charge in [0.1, 0.15) is 0 Å². The van der Waals surface area contributed by atoms with Crippen molar-refractivity contribution in [1.29, 1.82) is 0 Å². The Morgan fingerprint density at radius 3 is 2.94 bits per heavy atom. The summed E-state index contributed by atoms with van der Waals surface area (Å²) >= 11 is 0. The highest BCUT2D eigenvalue weighted by molar-refractivity contribution is 5.25. The molecule has 0 aromatic heterocycles. The van der Waals surface area contributed by atoms with Crippen molar-refractivity contribution in [3.8, 4) is 0 Å². The molecule has 1 aromatic rings. The molecule has 1 heterocycles. The molecule has 1 aliphatic rings. The molecular weight excluding hydrogens is 196 g/mol. The topological polar surface area (TPSA) is 29.3 Å². The summed E-state index contributed by atoms with van der Waals surface area (Å²) in [6.45, 7) is 6.52. The van der Waals surface area contributed by atoms with E-state index in [2.05, 4.69) is 36.1 Å². The molecule has 0 bridgehead atoms. The van der Waals surface area contributed by atoms with E-state index in [0.29, 0.717) is 5.92 Å². The van der Waals surface area contributed by atoms with Gasteiger partial charge in [-0.1, -0.05) is 24.3 Å². The molecule has 2 nitrogen and oxygen atoms in total. The molecular formula is C14H22N2. The highest BCUT2D eigenvalue weighted by Crippen LogP contribution is 2.18. The first-order valence-electron chi connectivity index (χ1n) is 6.26. The van der Waals surface area contributed by atoms with Crippen LogP contribution in [0.3, 0.4) is 0 Å². The fourth-order valence-corrected chi connectivity index (χ4v) is 2.52. The Bertz CT molecular complexity index is 335. The minimum atomic E-state index is 0.706. The number of hydrogen-bond acceptors (Lipinski definition) is 2. The van der Waals surface area contributed by atoms with E-state index in [1.54, 1.807) is 0 Å². The van der Waals surface area contributed by atoms with Crippen LogP contribution < -0.4 is 5.73 Å². The molecule has 1 atom stereocenters. The lowest BCUT2D eigenvalue weighted by molar-refractivity contribution is 0.171. The maximum absolute atomic E-state index is 5.76. The highest BCUT2D eigenvalue weighted by atomic mass is 15.1. The smallest absolute Gasteiger partial charge is 0.0236 e. The zero-order valence-corrected chi connectivity index (χ0v) is 10.2. The molecule has 1 fully saturated rings. The lowest BCUT2D eigenvalue weighted by Crippen LogP contribution is -2.37. The fourth-order valence-electron chi connectivity index (χ4n) is 2.52. The van der Waals surface area contributed by atoms with E-state index in [9.17, 15) is 0 Å². The second-order valence-electron chi connectivity index (χ2n) is 4.91. The van der Waals surface area contributed by atoms with E-state index < -0.39 is 0 Å². The lowest BCUT2D eigenvalue weighted by atomic mass is 9.97. The molecule has 0 amide bonds. The van der Waals surface area contributed by atoms with Crippen molar-refractivity contribution in [2.24, 2.45) is 11.7 Å². The van der Waals surface area contributed by atoms with Crippen LogP contribution in [0.15, 0.2) is 24.3 Å². The summed E-state index contributed by atoms with van der Waals surface area (Å²) in [6.07, 6.45) is 2.61. The van der Waals surface area contributed by atoms with Gasteiger partial charge in [-0.2, -0.15) is 0 Å². The Kier molecular flexibility index (Phi) is 3.97. The van der Waals surface area contributed by atoms with Crippen molar-refractivity contribution in [1.82, 2.24) is 4.90 Å². The van der Waals surface area contributed by atoms with Gasteiger partial charge in [0.05, 0.1) is 0 Å². The Balaban J connectivity index is 1.97. The summed E-state index contributed by atoms with van der Waals surface area (Å²) in [5.74, 6) is 0.706. The van der Waals surface area contributed by atoms with Crippen molar-refractivity contribution in [2.75, 3.05) is 19.6 Å². The molecule has 0 radical (unpaired) electrons. The third-order valence-electron chi connectivity index (χ3n) is 3.59. The van der Waals surface area contributed by atoms with Crippen LogP contribution >= 0.6 is 0 Å². The van der Waals surface area contributed by atoms with E-state index >= 15 is 0 Å². The number of rotatable bonds is 3. The summed E-state index contributed by atoms with van der Waals surface area (Å²) in [6, 6.07) is 8.67. The molecule has 1 saturated heterocycles. The van der Waals surface area contributed by atoms with E-state index in [4.69, 9.17) is 5.73 Å². The lowest BCUT2D eigenvalue weighted by Gasteiger charge is -2.32. The summed E-state index contributed by atoms with van der Waals surface area (Å²) in [4.78, 5) is 2.54. The number of nitrogens with two attached hydrogens (primary N) is 1. The van der Waals surface area contributed by atoms with Crippen LogP contribution in [-0.4, -0.2) is 24.5 Å². The normalized spacial score (nSPS) is 22.2. The fraction of sp³-hybridized carbons (Fsp3) is 0.571. The van der Waals surface area contributed by atoms with Crippen molar-refractivity contribution in [2.45, 2.75) is 26.3 Å². The van der Waals surface area contributed by atoms with Crippen LogP contribution in [0.5, 0.6) is 0 Å². The number of likely N-dealkylation sites (tertiary alicyclic amines) is 1. The van der Waals surface area contributed by atoms with Gasteiger partial charge in [0.15, 0.2) is 0 Å². The van der Waals surface area contributed by atoms with Crippen molar-refractivity contribution in [3.63, 3.8) is 0 Å². The third-order valence-corrected chi connectivity index (χ3v) is 3.59. The summed E-state index contributed by atoms with van der Waals surface area (Å²) in [7, 11) is 0.